The van der Waals surface area contributed by atoms with Crippen LogP contribution >= 0.6 is 11.6 Å². The number of aliphatic hydroxyl groups excluding tert-OH is 1. The molecule has 7 nitrogen and oxygen atoms in total. The summed E-state index contributed by atoms with van der Waals surface area (Å²) in [6, 6.07) is 13.1. The van der Waals surface area contributed by atoms with Crippen LogP contribution in [-0.4, -0.2) is 73.1 Å². The number of Topliss-reactive ketones (excluding diaryl/α,β-unsaturated/α-hetero) is 1. The number of hydrogen-bond acceptors (Lipinski definition) is 6. The molecule has 2 aromatic carbocycles. The van der Waals surface area contributed by atoms with Gasteiger partial charge in [0.2, 0.25) is 0 Å². The van der Waals surface area contributed by atoms with Crippen molar-refractivity contribution in [2.75, 3.05) is 46.5 Å². The minimum absolute atomic E-state index is 0.0823. The number of methoxy groups -OCH3 is 1. The van der Waals surface area contributed by atoms with Crippen LogP contribution in [0.5, 0.6) is 5.75 Å². The maximum atomic E-state index is 13.1. The van der Waals surface area contributed by atoms with Gasteiger partial charge >= 0.3 is 0 Å². The fraction of sp³-hybridized carbons (Fsp3) is 0.360. The summed E-state index contributed by atoms with van der Waals surface area (Å²) in [4.78, 5) is 30.0. The van der Waals surface area contributed by atoms with E-state index in [1.54, 1.807) is 48.4 Å². The van der Waals surface area contributed by atoms with E-state index < -0.39 is 17.7 Å². The Labute approximate surface area is 198 Å². The van der Waals surface area contributed by atoms with Gasteiger partial charge in [-0.05, 0) is 48.4 Å². The summed E-state index contributed by atoms with van der Waals surface area (Å²) in [6.07, 6.45) is 0.709. The lowest BCUT2D eigenvalue weighted by atomic mass is 9.95. The highest BCUT2D eigenvalue weighted by Gasteiger charge is 2.45. The number of likely N-dealkylation sites (tertiary alicyclic amines) is 1. The van der Waals surface area contributed by atoms with Crippen molar-refractivity contribution in [3.05, 3.63) is 70.3 Å². The van der Waals surface area contributed by atoms with E-state index in [0.717, 1.165) is 25.2 Å². The van der Waals surface area contributed by atoms with E-state index >= 15 is 0 Å². The minimum atomic E-state index is -0.686. The van der Waals surface area contributed by atoms with Gasteiger partial charge in [0.15, 0.2) is 0 Å². The van der Waals surface area contributed by atoms with E-state index in [1.165, 1.54) is 0 Å². The number of carbonyl (C=O) groups is 2. The van der Waals surface area contributed by atoms with Gasteiger partial charge in [-0.25, -0.2) is 0 Å². The molecule has 8 heteroatoms. The van der Waals surface area contributed by atoms with Crippen LogP contribution in [0.25, 0.3) is 5.76 Å². The Hall–Kier alpha value is -2.87. The molecule has 1 atom stereocenters. The molecule has 0 bridgehead atoms. The lowest BCUT2D eigenvalue weighted by Crippen LogP contribution is -2.38. The number of nitrogens with zero attached hydrogens (tertiary/aromatic N) is 2. The maximum absolute atomic E-state index is 13.1. The van der Waals surface area contributed by atoms with Gasteiger partial charge in [0.1, 0.15) is 11.5 Å². The number of halogens is 1. The molecule has 2 heterocycles. The van der Waals surface area contributed by atoms with Crippen LogP contribution in [0.1, 0.15) is 23.6 Å². The van der Waals surface area contributed by atoms with Crippen molar-refractivity contribution in [1.29, 1.82) is 0 Å². The molecule has 0 spiro atoms. The number of ether oxygens (including phenoxy) is 2. The van der Waals surface area contributed by atoms with E-state index in [0.29, 0.717) is 42.5 Å². The van der Waals surface area contributed by atoms with Gasteiger partial charge in [0, 0.05) is 36.8 Å². The number of amides is 1. The van der Waals surface area contributed by atoms with Gasteiger partial charge in [-0.3, -0.25) is 14.5 Å². The first-order chi connectivity index (χ1) is 16.0. The topological polar surface area (TPSA) is 79.3 Å². The molecule has 2 fully saturated rings. The molecule has 174 valence electrons. The molecule has 1 N–H and O–H groups in total. The largest absolute Gasteiger partial charge is 0.507 e. The van der Waals surface area contributed by atoms with Crippen LogP contribution in [-0.2, 0) is 14.3 Å². The van der Waals surface area contributed by atoms with E-state index in [9.17, 15) is 14.7 Å². The zero-order valence-electron chi connectivity index (χ0n) is 18.5. The third-order valence-corrected chi connectivity index (χ3v) is 6.32. The first-order valence-electron chi connectivity index (χ1n) is 11.0. The molecule has 2 aliphatic heterocycles. The van der Waals surface area contributed by atoms with Crippen LogP contribution in [0, 0.1) is 0 Å². The molecule has 2 aliphatic rings. The third-order valence-electron chi connectivity index (χ3n) is 6.07. The fourth-order valence-corrected chi connectivity index (χ4v) is 4.42. The molecule has 0 aliphatic carbocycles. The maximum Gasteiger partial charge on any atom is 0.295 e. The Morgan fingerprint density at radius 1 is 1.06 bits per heavy atom. The molecule has 0 saturated carbocycles. The minimum Gasteiger partial charge on any atom is -0.507 e. The molecule has 4 rings (SSSR count). The van der Waals surface area contributed by atoms with Crippen LogP contribution in [0.2, 0.25) is 5.02 Å². The second kappa shape index (κ2) is 10.4. The summed E-state index contributed by atoms with van der Waals surface area (Å²) < 4.78 is 10.6. The van der Waals surface area contributed by atoms with E-state index in [4.69, 9.17) is 21.1 Å². The predicted octanol–water partition coefficient (Wildman–Crippen LogP) is 3.49. The van der Waals surface area contributed by atoms with Crippen molar-refractivity contribution in [3.63, 3.8) is 0 Å². The van der Waals surface area contributed by atoms with Crippen LogP contribution < -0.4 is 4.74 Å². The van der Waals surface area contributed by atoms with Crippen LogP contribution in [0.15, 0.2) is 54.1 Å². The van der Waals surface area contributed by atoms with Gasteiger partial charge < -0.3 is 19.5 Å². The molecular weight excluding hydrogens is 444 g/mol. The second-order valence-electron chi connectivity index (χ2n) is 8.08. The average molecular weight is 471 g/mol. The van der Waals surface area contributed by atoms with Crippen molar-refractivity contribution in [3.8, 4) is 5.75 Å². The molecule has 1 amide bonds. The van der Waals surface area contributed by atoms with Crippen molar-refractivity contribution in [1.82, 2.24) is 9.80 Å². The molecular formula is C25H27ClN2O5. The van der Waals surface area contributed by atoms with E-state index in [2.05, 4.69) is 4.90 Å². The lowest BCUT2D eigenvalue weighted by molar-refractivity contribution is -0.140. The van der Waals surface area contributed by atoms with Gasteiger partial charge in [-0.2, -0.15) is 0 Å². The Kier molecular flexibility index (Phi) is 7.33. The smallest absolute Gasteiger partial charge is 0.295 e. The van der Waals surface area contributed by atoms with Gasteiger partial charge in [-0.1, -0.05) is 23.7 Å². The summed E-state index contributed by atoms with van der Waals surface area (Å²) in [5, 5.41) is 11.6. The summed E-state index contributed by atoms with van der Waals surface area (Å²) in [5.41, 5.74) is 1.25. The number of hydrogen-bond donors (Lipinski definition) is 1. The third kappa shape index (κ3) is 5.05. The van der Waals surface area contributed by atoms with Crippen molar-refractivity contribution in [2.24, 2.45) is 0 Å². The molecule has 33 heavy (non-hydrogen) atoms. The summed E-state index contributed by atoms with van der Waals surface area (Å²) in [7, 11) is 1.58. The zero-order valence-corrected chi connectivity index (χ0v) is 19.3. The molecule has 2 aromatic rings. The highest BCUT2D eigenvalue weighted by Crippen LogP contribution is 2.40. The van der Waals surface area contributed by atoms with Gasteiger partial charge in [-0.15, -0.1) is 0 Å². The Bertz CT molecular complexity index is 1030. The number of carbonyl (C=O) groups excluding carboxylic acids is 2. The standard InChI is InChI=1S/C25H27ClN2O5/c1-32-20-9-5-17(6-10-20)22-21(23(29)18-3-7-19(26)8-4-18)24(30)25(31)28(22)12-2-11-27-13-15-33-16-14-27/h3-10,22,29H,2,11-16H2,1H3/t22-/m1/s1. The van der Waals surface area contributed by atoms with Crippen LogP contribution in [0.4, 0.5) is 0 Å². The van der Waals surface area contributed by atoms with Gasteiger partial charge in [0.05, 0.1) is 31.9 Å². The highest BCUT2D eigenvalue weighted by molar-refractivity contribution is 6.46. The van der Waals surface area contributed by atoms with Crippen LogP contribution in [0.3, 0.4) is 0 Å². The number of benzene rings is 2. The lowest BCUT2D eigenvalue weighted by Gasteiger charge is -2.29. The molecule has 0 aromatic heterocycles. The van der Waals surface area contributed by atoms with E-state index in [1.807, 2.05) is 12.1 Å². The number of morpholine rings is 1. The van der Waals surface area contributed by atoms with E-state index in [-0.39, 0.29) is 11.3 Å². The Morgan fingerprint density at radius 3 is 2.36 bits per heavy atom. The monoisotopic (exact) mass is 470 g/mol. The zero-order chi connectivity index (χ0) is 23.4. The normalized spacial score (nSPS) is 20.9. The first-order valence-corrected chi connectivity index (χ1v) is 11.4. The fourth-order valence-electron chi connectivity index (χ4n) is 4.30. The SMILES string of the molecule is COc1ccc([C@@H]2C(=C(O)c3ccc(Cl)cc3)C(=O)C(=O)N2CCCN2CCOCC2)cc1. The number of ketones is 1. The van der Waals surface area contributed by atoms with Gasteiger partial charge in [0.25, 0.3) is 11.7 Å². The summed E-state index contributed by atoms with van der Waals surface area (Å²) in [5.74, 6) is -0.829. The van der Waals surface area contributed by atoms with Crippen molar-refractivity contribution < 1.29 is 24.2 Å². The van der Waals surface area contributed by atoms with Crippen molar-refractivity contribution in [2.45, 2.75) is 12.5 Å². The molecule has 0 radical (unpaired) electrons. The molecule has 0 unspecified atom stereocenters. The van der Waals surface area contributed by atoms with Crippen molar-refractivity contribution >= 4 is 29.1 Å². The quantitative estimate of drug-likeness (QED) is 0.379. The number of rotatable bonds is 7. The Balaban J connectivity index is 1.66. The molecule has 2 saturated heterocycles. The summed E-state index contributed by atoms with van der Waals surface area (Å²) in [6.45, 7) is 4.33. The predicted molar refractivity (Wildman–Crippen MR) is 125 cm³/mol. The average Bonchev–Trinajstić information content (AvgIpc) is 3.10. The number of aliphatic hydroxyl groups is 1. The summed E-state index contributed by atoms with van der Waals surface area (Å²) >= 11 is 5.97. The Morgan fingerprint density at radius 2 is 1.73 bits per heavy atom. The first kappa shape index (κ1) is 23.3. The second-order valence-corrected chi connectivity index (χ2v) is 8.52. The highest BCUT2D eigenvalue weighted by atomic mass is 35.5.